The van der Waals surface area contributed by atoms with E-state index in [1.807, 2.05) is 0 Å². The van der Waals surface area contributed by atoms with Gasteiger partial charge in [-0.2, -0.15) is 0 Å². The predicted octanol–water partition coefficient (Wildman–Crippen LogP) is 3.86. The van der Waals surface area contributed by atoms with Crippen LogP contribution in [0.4, 0.5) is 16.2 Å². The van der Waals surface area contributed by atoms with Crippen LogP contribution in [0.25, 0.3) is 0 Å². The summed E-state index contributed by atoms with van der Waals surface area (Å²) in [6.07, 6.45) is 0.459. The second-order valence-electron chi connectivity index (χ2n) is 5.11. The largest absolute Gasteiger partial charge is 0.396 e. The number of carbonyl (C=O) groups excluding carboxylic acids is 2. The van der Waals surface area contributed by atoms with Gasteiger partial charge < -0.3 is 21.1 Å². The highest BCUT2D eigenvalue weighted by Gasteiger charge is 2.14. The minimum absolute atomic E-state index is 0.00618. The highest BCUT2D eigenvalue weighted by atomic mass is 79.9. The van der Waals surface area contributed by atoms with Crippen LogP contribution in [-0.2, 0) is 0 Å². The van der Waals surface area contributed by atoms with Gasteiger partial charge in [0, 0.05) is 28.3 Å². The lowest BCUT2D eigenvalue weighted by atomic mass is 10.1. The van der Waals surface area contributed by atoms with Gasteiger partial charge in [0.15, 0.2) is 0 Å². The SMILES string of the molecule is O=C(Nc1cccc(Cl)c1)Nc1cc(Br)ccc1C(=O)NCCCO. The minimum Gasteiger partial charge on any atom is -0.396 e. The summed E-state index contributed by atoms with van der Waals surface area (Å²) < 4.78 is 0.720. The number of rotatable bonds is 6. The molecule has 6 nitrogen and oxygen atoms in total. The molecule has 25 heavy (non-hydrogen) atoms. The molecule has 0 saturated carbocycles. The number of aliphatic hydroxyl groups is 1. The summed E-state index contributed by atoms with van der Waals surface area (Å²) in [5, 5.41) is 17.3. The summed E-state index contributed by atoms with van der Waals surface area (Å²) >= 11 is 9.21. The first kappa shape index (κ1) is 19.2. The Bertz CT molecular complexity index is 771. The summed E-state index contributed by atoms with van der Waals surface area (Å²) in [5.74, 6) is -0.334. The van der Waals surface area contributed by atoms with E-state index in [0.29, 0.717) is 34.9 Å². The van der Waals surface area contributed by atoms with Gasteiger partial charge in [-0.15, -0.1) is 0 Å². The lowest BCUT2D eigenvalue weighted by Crippen LogP contribution is -2.27. The van der Waals surface area contributed by atoms with E-state index in [2.05, 4.69) is 31.9 Å². The van der Waals surface area contributed by atoms with Crippen LogP contribution >= 0.6 is 27.5 Å². The Labute approximate surface area is 158 Å². The molecule has 8 heteroatoms. The molecule has 0 bridgehead atoms. The van der Waals surface area contributed by atoms with Crippen LogP contribution in [-0.4, -0.2) is 30.2 Å². The summed E-state index contributed by atoms with van der Waals surface area (Å²) in [7, 11) is 0. The van der Waals surface area contributed by atoms with Crippen molar-refractivity contribution in [3.8, 4) is 0 Å². The van der Waals surface area contributed by atoms with Crippen molar-refractivity contribution in [2.24, 2.45) is 0 Å². The number of aliphatic hydroxyl groups excluding tert-OH is 1. The molecule has 0 atom stereocenters. The molecular formula is C17H17BrClN3O3. The molecule has 132 valence electrons. The number of amides is 3. The predicted molar refractivity (Wildman–Crippen MR) is 102 cm³/mol. The Hall–Kier alpha value is -2.09. The van der Waals surface area contributed by atoms with Gasteiger partial charge in [-0.3, -0.25) is 4.79 Å². The van der Waals surface area contributed by atoms with Crippen molar-refractivity contribution in [2.75, 3.05) is 23.8 Å². The third-order valence-corrected chi connectivity index (χ3v) is 3.91. The maximum atomic E-state index is 12.2. The Balaban J connectivity index is 2.10. The normalized spacial score (nSPS) is 10.2. The lowest BCUT2D eigenvalue weighted by Gasteiger charge is -2.13. The first-order valence-electron chi connectivity index (χ1n) is 7.52. The average Bonchev–Trinajstić information content (AvgIpc) is 2.55. The topological polar surface area (TPSA) is 90.5 Å². The lowest BCUT2D eigenvalue weighted by molar-refractivity contribution is 0.0952. The highest BCUT2D eigenvalue weighted by Crippen LogP contribution is 2.22. The van der Waals surface area contributed by atoms with Gasteiger partial charge in [0.1, 0.15) is 0 Å². The molecular weight excluding hydrogens is 410 g/mol. The summed E-state index contributed by atoms with van der Waals surface area (Å²) in [4.78, 5) is 24.4. The quantitative estimate of drug-likeness (QED) is 0.529. The van der Waals surface area contributed by atoms with E-state index in [1.54, 1.807) is 42.5 Å². The van der Waals surface area contributed by atoms with Gasteiger partial charge in [-0.05, 0) is 42.8 Å². The zero-order chi connectivity index (χ0) is 18.2. The fourth-order valence-electron chi connectivity index (χ4n) is 2.04. The number of urea groups is 1. The molecule has 0 unspecified atom stereocenters. The fourth-order valence-corrected chi connectivity index (χ4v) is 2.60. The van der Waals surface area contributed by atoms with E-state index in [9.17, 15) is 9.59 Å². The van der Waals surface area contributed by atoms with Crippen molar-refractivity contribution in [3.05, 3.63) is 57.5 Å². The molecule has 0 saturated heterocycles. The first-order valence-corrected chi connectivity index (χ1v) is 8.69. The van der Waals surface area contributed by atoms with Gasteiger partial charge in [-0.25, -0.2) is 4.79 Å². The van der Waals surface area contributed by atoms with E-state index in [1.165, 1.54) is 0 Å². The van der Waals surface area contributed by atoms with Crippen LogP contribution in [0.2, 0.25) is 5.02 Å². The van der Waals surface area contributed by atoms with Gasteiger partial charge in [0.2, 0.25) is 0 Å². The van der Waals surface area contributed by atoms with Crippen molar-refractivity contribution in [1.82, 2.24) is 5.32 Å². The molecule has 4 N–H and O–H groups in total. The van der Waals surface area contributed by atoms with E-state index in [0.717, 1.165) is 4.47 Å². The molecule has 3 amide bonds. The number of benzene rings is 2. The van der Waals surface area contributed by atoms with Gasteiger partial charge >= 0.3 is 6.03 Å². The summed E-state index contributed by atoms with van der Waals surface area (Å²) in [5.41, 5.74) is 1.21. The van der Waals surface area contributed by atoms with E-state index >= 15 is 0 Å². The third kappa shape index (κ3) is 6.04. The molecule has 0 aliphatic heterocycles. The van der Waals surface area contributed by atoms with Crippen LogP contribution < -0.4 is 16.0 Å². The Kier molecular flexibility index (Phi) is 7.24. The van der Waals surface area contributed by atoms with E-state index in [4.69, 9.17) is 16.7 Å². The number of anilines is 2. The molecule has 0 aromatic heterocycles. The van der Waals surface area contributed by atoms with Crippen molar-refractivity contribution >= 4 is 50.8 Å². The van der Waals surface area contributed by atoms with E-state index in [-0.39, 0.29) is 12.5 Å². The molecule has 0 aliphatic rings. The fraction of sp³-hybridized carbons (Fsp3) is 0.176. The Morgan fingerprint density at radius 2 is 1.92 bits per heavy atom. The van der Waals surface area contributed by atoms with Gasteiger partial charge in [-0.1, -0.05) is 33.6 Å². The second kappa shape index (κ2) is 9.41. The number of halogens is 2. The molecule has 2 aromatic rings. The van der Waals surface area contributed by atoms with Crippen molar-refractivity contribution in [1.29, 1.82) is 0 Å². The third-order valence-electron chi connectivity index (χ3n) is 3.18. The van der Waals surface area contributed by atoms with Crippen molar-refractivity contribution in [2.45, 2.75) is 6.42 Å². The van der Waals surface area contributed by atoms with E-state index < -0.39 is 6.03 Å². The molecule has 0 aliphatic carbocycles. The van der Waals surface area contributed by atoms with Crippen molar-refractivity contribution in [3.63, 3.8) is 0 Å². The molecule has 2 rings (SSSR count). The zero-order valence-corrected chi connectivity index (χ0v) is 15.5. The Morgan fingerprint density at radius 1 is 1.12 bits per heavy atom. The molecule has 0 radical (unpaired) electrons. The number of carbonyl (C=O) groups is 2. The van der Waals surface area contributed by atoms with Gasteiger partial charge in [0.25, 0.3) is 5.91 Å². The maximum absolute atomic E-state index is 12.2. The van der Waals surface area contributed by atoms with Crippen LogP contribution in [0.15, 0.2) is 46.9 Å². The Morgan fingerprint density at radius 3 is 2.64 bits per heavy atom. The van der Waals surface area contributed by atoms with Crippen LogP contribution in [0.1, 0.15) is 16.8 Å². The second-order valence-corrected chi connectivity index (χ2v) is 6.46. The molecule has 0 spiro atoms. The monoisotopic (exact) mass is 425 g/mol. The smallest absolute Gasteiger partial charge is 0.323 e. The van der Waals surface area contributed by atoms with Crippen LogP contribution in [0.5, 0.6) is 0 Å². The summed E-state index contributed by atoms with van der Waals surface area (Å²) in [6.45, 7) is 0.341. The van der Waals surface area contributed by atoms with Crippen LogP contribution in [0, 0.1) is 0 Å². The molecule has 0 heterocycles. The van der Waals surface area contributed by atoms with Crippen molar-refractivity contribution < 1.29 is 14.7 Å². The minimum atomic E-state index is -0.496. The highest BCUT2D eigenvalue weighted by molar-refractivity contribution is 9.10. The number of hydrogen-bond donors (Lipinski definition) is 4. The first-order chi connectivity index (χ1) is 12.0. The van der Waals surface area contributed by atoms with Gasteiger partial charge in [0.05, 0.1) is 11.3 Å². The average molecular weight is 427 g/mol. The maximum Gasteiger partial charge on any atom is 0.323 e. The number of hydrogen-bond acceptors (Lipinski definition) is 3. The zero-order valence-electron chi connectivity index (χ0n) is 13.2. The summed E-state index contributed by atoms with van der Waals surface area (Å²) in [6, 6.07) is 11.2. The van der Waals surface area contributed by atoms with Crippen LogP contribution in [0.3, 0.4) is 0 Å². The molecule has 2 aromatic carbocycles. The standard InChI is InChI=1S/C17H17BrClN3O3/c18-11-5-6-14(16(24)20-7-2-8-23)15(9-11)22-17(25)21-13-4-1-3-12(19)10-13/h1,3-6,9-10,23H,2,7-8H2,(H,20,24)(H2,21,22,25). The molecule has 0 fully saturated rings. The number of nitrogens with one attached hydrogen (secondary N) is 3.